The summed E-state index contributed by atoms with van der Waals surface area (Å²) in [4.78, 5) is 28.5. The first kappa shape index (κ1) is 21.3. The lowest BCUT2D eigenvalue weighted by Crippen LogP contribution is -2.43. The van der Waals surface area contributed by atoms with Crippen molar-refractivity contribution in [2.24, 2.45) is 11.8 Å². The number of anilines is 1. The fourth-order valence-electron chi connectivity index (χ4n) is 4.37. The van der Waals surface area contributed by atoms with Crippen LogP contribution in [0.2, 0.25) is 5.02 Å². The van der Waals surface area contributed by atoms with Crippen molar-refractivity contribution in [3.63, 3.8) is 0 Å². The van der Waals surface area contributed by atoms with Crippen LogP contribution in [0, 0.1) is 11.8 Å². The third-order valence-corrected chi connectivity index (χ3v) is 7.70. The zero-order valence-corrected chi connectivity index (χ0v) is 18.9. The molecule has 30 heavy (non-hydrogen) atoms. The summed E-state index contributed by atoms with van der Waals surface area (Å²) in [7, 11) is 0. The maximum Gasteiger partial charge on any atom is 0.251 e. The Balaban J connectivity index is 1.57. The van der Waals surface area contributed by atoms with Gasteiger partial charge < -0.3 is 10.2 Å². The lowest BCUT2D eigenvalue weighted by molar-refractivity contribution is -0.116. The number of nitrogens with zero attached hydrogens (tertiary/aromatic N) is 1. The van der Waals surface area contributed by atoms with E-state index in [-0.39, 0.29) is 17.9 Å². The molecule has 0 aromatic heterocycles. The highest BCUT2D eigenvalue weighted by Crippen LogP contribution is 2.37. The second-order valence-electron chi connectivity index (χ2n) is 8.43. The molecule has 1 aliphatic heterocycles. The second-order valence-corrected chi connectivity index (χ2v) is 9.88. The van der Waals surface area contributed by atoms with E-state index < -0.39 is 0 Å². The van der Waals surface area contributed by atoms with Crippen LogP contribution in [0.5, 0.6) is 0 Å². The minimum atomic E-state index is -0.0607. The molecule has 158 valence electrons. The van der Waals surface area contributed by atoms with Gasteiger partial charge in [0.25, 0.3) is 5.91 Å². The van der Waals surface area contributed by atoms with Gasteiger partial charge in [-0.05, 0) is 54.2 Å². The van der Waals surface area contributed by atoms with Crippen molar-refractivity contribution >= 4 is 40.9 Å². The Bertz CT molecular complexity index is 964. The molecule has 2 aromatic rings. The van der Waals surface area contributed by atoms with Crippen LogP contribution in [-0.2, 0) is 11.3 Å². The highest BCUT2D eigenvalue weighted by Gasteiger charge is 2.30. The van der Waals surface area contributed by atoms with E-state index in [9.17, 15) is 9.59 Å². The number of carbonyl (C=O) groups is 2. The molecule has 6 heteroatoms. The highest BCUT2D eigenvalue weighted by molar-refractivity contribution is 8.00. The molecule has 0 unspecified atom stereocenters. The summed E-state index contributed by atoms with van der Waals surface area (Å²) in [6.45, 7) is 4.93. The number of nitrogens with one attached hydrogen (secondary N) is 1. The van der Waals surface area contributed by atoms with Crippen molar-refractivity contribution in [3.8, 4) is 0 Å². The molecule has 1 heterocycles. The Labute approximate surface area is 187 Å². The van der Waals surface area contributed by atoms with Gasteiger partial charge in [0.1, 0.15) is 0 Å². The molecule has 1 N–H and O–H groups in total. The van der Waals surface area contributed by atoms with Crippen LogP contribution in [0.4, 0.5) is 5.69 Å². The Morgan fingerprint density at radius 3 is 2.83 bits per heavy atom. The molecule has 1 fully saturated rings. The Hall–Kier alpha value is -1.98. The molecular weight excluding hydrogens is 416 g/mol. The number of rotatable bonds is 4. The van der Waals surface area contributed by atoms with E-state index in [4.69, 9.17) is 11.6 Å². The van der Waals surface area contributed by atoms with E-state index >= 15 is 0 Å². The minimum Gasteiger partial charge on any atom is -0.349 e. The van der Waals surface area contributed by atoms with Crippen molar-refractivity contribution in [1.82, 2.24) is 5.32 Å². The first-order valence-corrected chi connectivity index (χ1v) is 11.9. The van der Waals surface area contributed by atoms with E-state index in [0.29, 0.717) is 34.7 Å². The van der Waals surface area contributed by atoms with Gasteiger partial charge in [-0.2, -0.15) is 0 Å². The van der Waals surface area contributed by atoms with Gasteiger partial charge in [0.15, 0.2) is 0 Å². The van der Waals surface area contributed by atoms with Crippen molar-refractivity contribution < 1.29 is 9.59 Å². The molecule has 0 saturated heterocycles. The average molecular weight is 443 g/mol. The van der Waals surface area contributed by atoms with Gasteiger partial charge in [0.2, 0.25) is 5.91 Å². The predicted molar refractivity (Wildman–Crippen MR) is 123 cm³/mol. The van der Waals surface area contributed by atoms with Crippen LogP contribution < -0.4 is 10.2 Å². The van der Waals surface area contributed by atoms with Gasteiger partial charge >= 0.3 is 0 Å². The van der Waals surface area contributed by atoms with E-state index in [1.165, 1.54) is 18.2 Å². The first-order chi connectivity index (χ1) is 14.4. The quantitative estimate of drug-likeness (QED) is 0.676. The monoisotopic (exact) mass is 442 g/mol. The number of hydrogen-bond acceptors (Lipinski definition) is 3. The van der Waals surface area contributed by atoms with Crippen LogP contribution in [-0.4, -0.2) is 23.6 Å². The summed E-state index contributed by atoms with van der Waals surface area (Å²) in [5.41, 5.74) is 2.37. The van der Waals surface area contributed by atoms with E-state index in [0.717, 1.165) is 29.0 Å². The highest BCUT2D eigenvalue weighted by atomic mass is 35.5. The van der Waals surface area contributed by atoms with Gasteiger partial charge in [-0.15, -0.1) is 11.8 Å². The Kier molecular flexibility index (Phi) is 6.40. The molecular formula is C24H27ClN2O2S. The zero-order valence-electron chi connectivity index (χ0n) is 17.4. The zero-order chi connectivity index (χ0) is 21.3. The van der Waals surface area contributed by atoms with E-state index in [1.54, 1.807) is 4.90 Å². The van der Waals surface area contributed by atoms with Crippen molar-refractivity contribution in [3.05, 3.63) is 58.6 Å². The molecule has 4 nitrogen and oxygen atoms in total. The number of carbonyl (C=O) groups excluding carboxylic acids is 2. The average Bonchev–Trinajstić information content (AvgIpc) is 2.73. The smallest absolute Gasteiger partial charge is 0.251 e. The SMILES string of the molecule is C[C@@H]1[C@H](C)CCC[C@H]1NC(=O)c1ccc2c(c1)N(Cc1cccc(Cl)c1)C(=O)CS2. The van der Waals surface area contributed by atoms with Crippen molar-refractivity contribution in [2.75, 3.05) is 10.7 Å². The Morgan fingerprint density at radius 2 is 2.03 bits per heavy atom. The fraction of sp³-hybridized carbons (Fsp3) is 0.417. The van der Waals surface area contributed by atoms with Gasteiger partial charge in [0.05, 0.1) is 18.0 Å². The molecule has 2 aromatic carbocycles. The Morgan fingerprint density at radius 1 is 1.20 bits per heavy atom. The molecule has 2 amide bonds. The third-order valence-electron chi connectivity index (χ3n) is 6.42. The van der Waals surface area contributed by atoms with Crippen LogP contribution >= 0.6 is 23.4 Å². The number of fused-ring (bicyclic) bond motifs is 1. The predicted octanol–water partition coefficient (Wildman–Crippen LogP) is 5.53. The van der Waals surface area contributed by atoms with Gasteiger partial charge in [-0.1, -0.05) is 50.4 Å². The maximum atomic E-state index is 13.0. The molecule has 4 rings (SSSR count). The fourth-order valence-corrected chi connectivity index (χ4v) is 5.50. The van der Waals surface area contributed by atoms with Gasteiger partial charge in [-0.25, -0.2) is 0 Å². The summed E-state index contributed by atoms with van der Waals surface area (Å²) in [5.74, 6) is 1.47. The molecule has 1 aliphatic carbocycles. The minimum absolute atomic E-state index is 0.0414. The van der Waals surface area contributed by atoms with E-state index in [2.05, 4.69) is 19.2 Å². The maximum absolute atomic E-state index is 13.0. The molecule has 2 aliphatic rings. The largest absolute Gasteiger partial charge is 0.349 e. The van der Waals surface area contributed by atoms with Gasteiger partial charge in [-0.3, -0.25) is 9.59 Å². The molecule has 0 spiro atoms. The molecule has 0 radical (unpaired) electrons. The normalized spacial score (nSPS) is 23.8. The first-order valence-electron chi connectivity index (χ1n) is 10.5. The molecule has 1 saturated carbocycles. The summed E-state index contributed by atoms with van der Waals surface area (Å²) in [6, 6.07) is 13.4. The van der Waals surface area contributed by atoms with Crippen molar-refractivity contribution in [2.45, 2.75) is 50.6 Å². The van der Waals surface area contributed by atoms with Crippen molar-refractivity contribution in [1.29, 1.82) is 0 Å². The van der Waals surface area contributed by atoms with Gasteiger partial charge in [0, 0.05) is 21.5 Å². The van der Waals surface area contributed by atoms with Crippen LogP contribution in [0.25, 0.3) is 0 Å². The summed E-state index contributed by atoms with van der Waals surface area (Å²) < 4.78 is 0. The second kappa shape index (κ2) is 9.03. The standard InChI is InChI=1S/C24H27ClN2O2S/c1-15-5-3-8-20(16(15)2)26-24(29)18-9-10-22-21(12-18)27(23(28)14-30-22)13-17-6-4-7-19(25)11-17/h4,6-7,9-12,15-16,20H,3,5,8,13-14H2,1-2H3,(H,26,29)/t15-,16-,20-/m1/s1. The van der Waals surface area contributed by atoms with Crippen LogP contribution in [0.3, 0.4) is 0 Å². The summed E-state index contributed by atoms with van der Waals surface area (Å²) >= 11 is 7.64. The topological polar surface area (TPSA) is 49.4 Å². The van der Waals surface area contributed by atoms with E-state index in [1.807, 2.05) is 42.5 Å². The molecule has 0 bridgehead atoms. The number of benzene rings is 2. The number of thioether (sulfide) groups is 1. The molecule has 3 atom stereocenters. The lowest BCUT2D eigenvalue weighted by atomic mass is 9.78. The van der Waals surface area contributed by atoms with Crippen LogP contribution in [0.1, 0.15) is 49.0 Å². The third kappa shape index (κ3) is 4.52. The lowest BCUT2D eigenvalue weighted by Gasteiger charge is -2.34. The number of hydrogen-bond donors (Lipinski definition) is 1. The number of amides is 2. The number of halogens is 1. The van der Waals surface area contributed by atoms with Crippen LogP contribution in [0.15, 0.2) is 47.4 Å². The summed E-state index contributed by atoms with van der Waals surface area (Å²) in [5, 5.41) is 3.89. The summed E-state index contributed by atoms with van der Waals surface area (Å²) in [6.07, 6.45) is 3.40.